The van der Waals surface area contributed by atoms with Crippen LogP contribution in [0, 0.1) is 5.92 Å². The first kappa shape index (κ1) is 18.0. The van der Waals surface area contributed by atoms with E-state index in [0.717, 1.165) is 13.0 Å². The van der Waals surface area contributed by atoms with Gasteiger partial charge in [0.1, 0.15) is 30.5 Å². The molecule has 6 heteroatoms. The fourth-order valence-corrected chi connectivity index (χ4v) is 3.16. The van der Waals surface area contributed by atoms with Crippen LogP contribution in [0.25, 0.3) is 0 Å². The number of methoxy groups -OCH3 is 1. The van der Waals surface area contributed by atoms with Crippen molar-refractivity contribution in [2.45, 2.75) is 26.2 Å². The van der Waals surface area contributed by atoms with E-state index in [4.69, 9.17) is 23.7 Å². The number of ether oxygens (including phenoxy) is 5. The molecule has 25 heavy (non-hydrogen) atoms. The average molecular weight is 364 g/mol. The number of benzene rings is 1. The second-order valence-electron chi connectivity index (χ2n) is 6.07. The molecule has 0 radical (unpaired) electrons. The fourth-order valence-electron chi connectivity index (χ4n) is 2.54. The molecule has 1 unspecified atom stereocenters. The standard InChI is InChI=1S/C19H24O5S/c1-14-8-19(23-12-14)24-17-10-15(21-6-5-20-2)9-16(11-17)22-13-18-4-3-7-25-18/h3-4,7,9-11,14,19H,5-6,8,12-13H2,1-2H3/t14-,19?/m1/s1. The summed E-state index contributed by atoms with van der Waals surface area (Å²) in [6, 6.07) is 9.67. The maximum Gasteiger partial charge on any atom is 0.200 e. The Morgan fingerprint density at radius 3 is 2.60 bits per heavy atom. The Morgan fingerprint density at radius 1 is 1.12 bits per heavy atom. The maximum atomic E-state index is 5.96. The van der Waals surface area contributed by atoms with Gasteiger partial charge in [-0.3, -0.25) is 0 Å². The van der Waals surface area contributed by atoms with Crippen molar-refractivity contribution < 1.29 is 23.7 Å². The van der Waals surface area contributed by atoms with E-state index in [2.05, 4.69) is 13.0 Å². The zero-order valence-corrected chi connectivity index (χ0v) is 15.4. The van der Waals surface area contributed by atoms with E-state index >= 15 is 0 Å². The van der Waals surface area contributed by atoms with Gasteiger partial charge in [0, 0.05) is 36.6 Å². The van der Waals surface area contributed by atoms with E-state index in [9.17, 15) is 0 Å². The van der Waals surface area contributed by atoms with Gasteiger partial charge in [0.2, 0.25) is 0 Å². The van der Waals surface area contributed by atoms with Crippen LogP contribution in [-0.2, 0) is 16.1 Å². The molecule has 1 aromatic heterocycles. The van der Waals surface area contributed by atoms with Gasteiger partial charge in [0.25, 0.3) is 0 Å². The van der Waals surface area contributed by atoms with Gasteiger partial charge in [0.15, 0.2) is 6.29 Å². The lowest BCUT2D eigenvalue weighted by atomic mass is 10.1. The highest BCUT2D eigenvalue weighted by atomic mass is 32.1. The summed E-state index contributed by atoms with van der Waals surface area (Å²) in [5, 5.41) is 2.04. The minimum Gasteiger partial charge on any atom is -0.491 e. The van der Waals surface area contributed by atoms with E-state index in [1.54, 1.807) is 18.4 Å². The van der Waals surface area contributed by atoms with Crippen LogP contribution in [0.15, 0.2) is 35.7 Å². The number of thiophene rings is 1. The SMILES string of the molecule is COCCOc1cc(OCc2cccs2)cc(OC2C[C@@H](C)CO2)c1. The predicted octanol–water partition coefficient (Wildman–Crippen LogP) is 4.11. The highest BCUT2D eigenvalue weighted by Crippen LogP contribution is 2.31. The first-order valence-electron chi connectivity index (χ1n) is 8.43. The second kappa shape index (κ2) is 9.08. The van der Waals surface area contributed by atoms with E-state index < -0.39 is 0 Å². The molecule has 1 saturated heterocycles. The van der Waals surface area contributed by atoms with Gasteiger partial charge in [0.05, 0.1) is 13.2 Å². The van der Waals surface area contributed by atoms with Gasteiger partial charge in [-0.15, -0.1) is 11.3 Å². The van der Waals surface area contributed by atoms with Crippen LogP contribution >= 0.6 is 11.3 Å². The van der Waals surface area contributed by atoms with Crippen molar-refractivity contribution in [3.63, 3.8) is 0 Å². The van der Waals surface area contributed by atoms with Crippen LogP contribution in [-0.4, -0.2) is 33.2 Å². The molecule has 1 aromatic carbocycles. The number of hydrogen-bond acceptors (Lipinski definition) is 6. The molecule has 0 bridgehead atoms. The summed E-state index contributed by atoms with van der Waals surface area (Å²) in [6.45, 7) is 4.41. The quantitative estimate of drug-likeness (QED) is 0.627. The molecule has 0 amide bonds. The topological polar surface area (TPSA) is 46.2 Å². The maximum absolute atomic E-state index is 5.96. The van der Waals surface area contributed by atoms with Crippen LogP contribution in [0.5, 0.6) is 17.2 Å². The molecular formula is C19H24O5S. The molecule has 5 nitrogen and oxygen atoms in total. The van der Waals surface area contributed by atoms with Gasteiger partial charge in [-0.1, -0.05) is 13.0 Å². The third-order valence-electron chi connectivity index (χ3n) is 3.80. The first-order valence-corrected chi connectivity index (χ1v) is 9.31. The Balaban J connectivity index is 1.68. The summed E-state index contributed by atoms with van der Waals surface area (Å²) in [5.41, 5.74) is 0. The smallest absolute Gasteiger partial charge is 0.200 e. The third kappa shape index (κ3) is 5.63. The molecular weight excluding hydrogens is 340 g/mol. The lowest BCUT2D eigenvalue weighted by Crippen LogP contribution is -2.14. The van der Waals surface area contributed by atoms with E-state index in [-0.39, 0.29) is 6.29 Å². The zero-order chi connectivity index (χ0) is 17.5. The normalized spacial score (nSPS) is 19.8. The molecule has 0 spiro atoms. The van der Waals surface area contributed by atoms with Crippen molar-refractivity contribution in [1.29, 1.82) is 0 Å². The Hall–Kier alpha value is -1.76. The summed E-state index contributed by atoms with van der Waals surface area (Å²) in [5.74, 6) is 2.61. The van der Waals surface area contributed by atoms with Gasteiger partial charge >= 0.3 is 0 Å². The molecule has 0 aliphatic carbocycles. The molecule has 2 heterocycles. The first-order chi connectivity index (χ1) is 12.2. The summed E-state index contributed by atoms with van der Waals surface area (Å²) in [4.78, 5) is 1.17. The van der Waals surface area contributed by atoms with Crippen LogP contribution in [0.1, 0.15) is 18.2 Å². The summed E-state index contributed by atoms with van der Waals surface area (Å²) in [7, 11) is 1.65. The molecule has 2 aromatic rings. The van der Waals surface area contributed by atoms with E-state index in [1.807, 2.05) is 29.6 Å². The zero-order valence-electron chi connectivity index (χ0n) is 14.6. The molecule has 136 valence electrons. The summed E-state index contributed by atoms with van der Waals surface area (Å²) >= 11 is 1.67. The summed E-state index contributed by atoms with van der Waals surface area (Å²) < 4.78 is 28.3. The van der Waals surface area contributed by atoms with Crippen molar-refractivity contribution >= 4 is 11.3 Å². The summed E-state index contributed by atoms with van der Waals surface area (Å²) in [6.07, 6.45) is 0.675. The Kier molecular flexibility index (Phi) is 6.55. The lowest BCUT2D eigenvalue weighted by Gasteiger charge is -2.16. The highest BCUT2D eigenvalue weighted by Gasteiger charge is 2.23. The molecule has 1 aliphatic rings. The monoisotopic (exact) mass is 364 g/mol. The minimum atomic E-state index is -0.214. The van der Waals surface area contributed by atoms with E-state index in [1.165, 1.54) is 4.88 Å². The molecule has 0 saturated carbocycles. The fraction of sp³-hybridized carbons (Fsp3) is 0.474. The van der Waals surface area contributed by atoms with E-state index in [0.29, 0.717) is 43.0 Å². The van der Waals surface area contributed by atoms with Crippen LogP contribution in [0.3, 0.4) is 0 Å². The minimum absolute atomic E-state index is 0.214. The molecule has 1 fully saturated rings. The number of hydrogen-bond donors (Lipinski definition) is 0. The predicted molar refractivity (Wildman–Crippen MR) is 96.6 cm³/mol. The molecule has 2 atom stereocenters. The Bertz CT molecular complexity index is 643. The van der Waals surface area contributed by atoms with Crippen molar-refractivity contribution in [2.24, 2.45) is 5.92 Å². The number of rotatable bonds is 9. The molecule has 0 N–H and O–H groups in total. The van der Waals surface area contributed by atoms with Crippen LogP contribution in [0.4, 0.5) is 0 Å². The molecule has 1 aliphatic heterocycles. The van der Waals surface area contributed by atoms with Gasteiger partial charge in [-0.05, 0) is 17.4 Å². The van der Waals surface area contributed by atoms with Crippen molar-refractivity contribution in [3.8, 4) is 17.2 Å². The van der Waals surface area contributed by atoms with Gasteiger partial charge < -0.3 is 23.7 Å². The second-order valence-corrected chi connectivity index (χ2v) is 7.10. The van der Waals surface area contributed by atoms with Crippen molar-refractivity contribution in [1.82, 2.24) is 0 Å². The average Bonchev–Trinajstić information content (AvgIpc) is 3.25. The van der Waals surface area contributed by atoms with Gasteiger partial charge in [-0.2, -0.15) is 0 Å². The lowest BCUT2D eigenvalue weighted by molar-refractivity contribution is -0.0395. The Morgan fingerprint density at radius 2 is 1.92 bits per heavy atom. The molecule has 3 rings (SSSR count). The Labute approximate surface area is 152 Å². The van der Waals surface area contributed by atoms with Crippen molar-refractivity contribution in [3.05, 3.63) is 40.6 Å². The van der Waals surface area contributed by atoms with Crippen LogP contribution < -0.4 is 14.2 Å². The van der Waals surface area contributed by atoms with Crippen LogP contribution in [0.2, 0.25) is 0 Å². The van der Waals surface area contributed by atoms with Crippen molar-refractivity contribution in [2.75, 3.05) is 26.9 Å². The highest BCUT2D eigenvalue weighted by molar-refractivity contribution is 7.09. The van der Waals surface area contributed by atoms with Gasteiger partial charge in [-0.25, -0.2) is 0 Å². The largest absolute Gasteiger partial charge is 0.491 e. The third-order valence-corrected chi connectivity index (χ3v) is 4.65.